The predicted molar refractivity (Wildman–Crippen MR) is 104 cm³/mol. The lowest BCUT2D eigenvalue weighted by atomic mass is 10.2. The summed E-state index contributed by atoms with van der Waals surface area (Å²) in [6.07, 6.45) is 3.25. The minimum absolute atomic E-state index is 0.0125. The van der Waals surface area contributed by atoms with Crippen LogP contribution in [0.25, 0.3) is 10.9 Å². The molecule has 2 aromatic heterocycles. The van der Waals surface area contributed by atoms with Crippen LogP contribution in [0.1, 0.15) is 10.4 Å². The number of carbonyl (C=O) groups is 1. The van der Waals surface area contributed by atoms with Crippen molar-refractivity contribution in [3.63, 3.8) is 0 Å². The Morgan fingerprint density at radius 3 is 2.56 bits per heavy atom. The maximum Gasteiger partial charge on any atom is 0.258 e. The number of para-hydroxylation sites is 1. The monoisotopic (exact) mass is 358 g/mol. The van der Waals surface area contributed by atoms with Crippen molar-refractivity contribution in [2.75, 3.05) is 10.6 Å². The second-order valence-electron chi connectivity index (χ2n) is 5.87. The van der Waals surface area contributed by atoms with Crippen LogP contribution >= 0.6 is 0 Å². The van der Waals surface area contributed by atoms with E-state index in [0.29, 0.717) is 11.5 Å². The average Bonchev–Trinajstić information content (AvgIpc) is 2.70. The summed E-state index contributed by atoms with van der Waals surface area (Å²) in [4.78, 5) is 20.9. The molecule has 0 aliphatic rings. The van der Waals surface area contributed by atoms with E-state index in [9.17, 15) is 9.18 Å². The highest BCUT2D eigenvalue weighted by Crippen LogP contribution is 2.24. The fourth-order valence-corrected chi connectivity index (χ4v) is 2.73. The third-order valence-corrected chi connectivity index (χ3v) is 4.04. The van der Waals surface area contributed by atoms with Gasteiger partial charge in [-0.2, -0.15) is 0 Å². The topological polar surface area (TPSA) is 66.9 Å². The van der Waals surface area contributed by atoms with E-state index in [-0.39, 0.29) is 5.56 Å². The second kappa shape index (κ2) is 7.21. The lowest BCUT2D eigenvalue weighted by Gasteiger charge is -2.10. The first kappa shape index (κ1) is 16.7. The number of aromatic nitrogens is 2. The summed E-state index contributed by atoms with van der Waals surface area (Å²) < 4.78 is 13.7. The van der Waals surface area contributed by atoms with Gasteiger partial charge in [0.1, 0.15) is 11.6 Å². The van der Waals surface area contributed by atoms with Crippen LogP contribution in [0.2, 0.25) is 0 Å². The molecule has 0 unspecified atom stereocenters. The van der Waals surface area contributed by atoms with Crippen molar-refractivity contribution in [2.45, 2.75) is 0 Å². The number of hydrogen-bond donors (Lipinski definition) is 2. The molecule has 0 saturated carbocycles. The van der Waals surface area contributed by atoms with Crippen LogP contribution in [0.3, 0.4) is 0 Å². The molecule has 0 aliphatic carbocycles. The molecule has 2 heterocycles. The highest BCUT2D eigenvalue weighted by molar-refractivity contribution is 6.04. The Morgan fingerprint density at radius 1 is 0.889 bits per heavy atom. The fourth-order valence-electron chi connectivity index (χ4n) is 2.73. The molecule has 132 valence electrons. The van der Waals surface area contributed by atoms with Crippen LogP contribution in [-0.2, 0) is 0 Å². The van der Waals surface area contributed by atoms with E-state index in [2.05, 4.69) is 20.6 Å². The van der Waals surface area contributed by atoms with Crippen molar-refractivity contribution in [2.24, 2.45) is 0 Å². The van der Waals surface area contributed by atoms with Crippen molar-refractivity contribution in [1.82, 2.24) is 9.97 Å². The van der Waals surface area contributed by atoms with Crippen molar-refractivity contribution < 1.29 is 9.18 Å². The van der Waals surface area contributed by atoms with Crippen molar-refractivity contribution in [3.05, 3.63) is 90.5 Å². The maximum atomic E-state index is 13.7. The summed E-state index contributed by atoms with van der Waals surface area (Å²) in [6, 6.07) is 19.0. The number of fused-ring (bicyclic) bond motifs is 1. The Hall–Kier alpha value is -3.80. The molecule has 1 amide bonds. The van der Waals surface area contributed by atoms with Crippen LogP contribution in [0.5, 0.6) is 0 Å². The Balaban J connectivity index is 1.51. The van der Waals surface area contributed by atoms with E-state index in [4.69, 9.17) is 0 Å². The Labute approximate surface area is 154 Å². The van der Waals surface area contributed by atoms with Gasteiger partial charge in [-0.1, -0.05) is 30.3 Å². The zero-order valence-electron chi connectivity index (χ0n) is 14.2. The lowest BCUT2D eigenvalue weighted by Crippen LogP contribution is -2.13. The van der Waals surface area contributed by atoms with Crippen LogP contribution in [0.15, 0.2) is 79.1 Å². The van der Waals surface area contributed by atoms with E-state index in [1.165, 1.54) is 24.4 Å². The molecule has 4 rings (SSSR count). The van der Waals surface area contributed by atoms with E-state index >= 15 is 0 Å². The number of nitrogens with one attached hydrogen (secondary N) is 2. The highest BCUT2D eigenvalue weighted by atomic mass is 19.1. The smallest absolute Gasteiger partial charge is 0.258 e. The SMILES string of the molecule is O=C(Nc1ccc(Nc2cccc3cccnc23)nc1)c1ccccc1F. The van der Waals surface area contributed by atoms with Gasteiger partial charge in [0, 0.05) is 11.6 Å². The largest absolute Gasteiger partial charge is 0.338 e. The Bertz CT molecular complexity index is 1110. The zero-order valence-corrected chi connectivity index (χ0v) is 14.2. The lowest BCUT2D eigenvalue weighted by molar-refractivity contribution is 0.102. The fraction of sp³-hybridized carbons (Fsp3) is 0. The number of anilines is 3. The average molecular weight is 358 g/mol. The Morgan fingerprint density at radius 2 is 1.74 bits per heavy atom. The van der Waals surface area contributed by atoms with Gasteiger partial charge in [0.25, 0.3) is 5.91 Å². The first-order chi connectivity index (χ1) is 13.2. The number of halogens is 1. The third kappa shape index (κ3) is 3.59. The van der Waals surface area contributed by atoms with Gasteiger partial charge in [0.15, 0.2) is 0 Å². The highest BCUT2D eigenvalue weighted by Gasteiger charge is 2.11. The molecule has 0 bridgehead atoms. The molecule has 0 spiro atoms. The summed E-state index contributed by atoms with van der Waals surface area (Å²) in [6.45, 7) is 0. The maximum absolute atomic E-state index is 13.7. The number of amides is 1. The first-order valence-electron chi connectivity index (χ1n) is 8.33. The van der Waals surface area contributed by atoms with Gasteiger partial charge >= 0.3 is 0 Å². The predicted octanol–water partition coefficient (Wildman–Crippen LogP) is 4.76. The molecule has 27 heavy (non-hydrogen) atoms. The molecule has 0 aliphatic heterocycles. The van der Waals surface area contributed by atoms with Crippen molar-refractivity contribution >= 4 is 34.0 Å². The summed E-state index contributed by atoms with van der Waals surface area (Å²) in [7, 11) is 0. The minimum atomic E-state index is -0.565. The molecule has 4 aromatic rings. The van der Waals surface area contributed by atoms with E-state index < -0.39 is 11.7 Å². The van der Waals surface area contributed by atoms with Gasteiger partial charge in [-0.25, -0.2) is 9.37 Å². The van der Waals surface area contributed by atoms with Crippen LogP contribution in [-0.4, -0.2) is 15.9 Å². The number of hydrogen-bond acceptors (Lipinski definition) is 4. The van der Waals surface area contributed by atoms with Crippen LogP contribution in [0, 0.1) is 5.82 Å². The number of rotatable bonds is 4. The zero-order chi connectivity index (χ0) is 18.6. The molecule has 6 heteroatoms. The van der Waals surface area contributed by atoms with Gasteiger partial charge < -0.3 is 10.6 Å². The summed E-state index contributed by atoms with van der Waals surface area (Å²) in [5, 5.41) is 6.88. The van der Waals surface area contributed by atoms with E-state index in [1.54, 1.807) is 24.4 Å². The molecule has 2 N–H and O–H groups in total. The van der Waals surface area contributed by atoms with Crippen LogP contribution < -0.4 is 10.6 Å². The van der Waals surface area contributed by atoms with Gasteiger partial charge in [-0.15, -0.1) is 0 Å². The molecule has 0 atom stereocenters. The molecular formula is C21H15FN4O. The summed E-state index contributed by atoms with van der Waals surface area (Å²) in [5.41, 5.74) is 2.15. The molecule has 0 saturated heterocycles. The van der Waals surface area contributed by atoms with Gasteiger partial charge in [0.05, 0.1) is 28.7 Å². The summed E-state index contributed by atoms with van der Waals surface area (Å²) in [5.74, 6) is -0.476. The number of nitrogens with zero attached hydrogens (tertiary/aromatic N) is 2. The standard InChI is InChI=1S/C21H15FN4O/c22-17-8-2-1-7-16(17)21(27)25-15-10-11-19(24-13-15)26-18-9-3-5-14-6-4-12-23-20(14)18/h1-13H,(H,24,26)(H,25,27). The molecular weight excluding hydrogens is 343 g/mol. The van der Waals surface area contributed by atoms with Crippen molar-refractivity contribution in [3.8, 4) is 0 Å². The number of benzene rings is 2. The molecule has 5 nitrogen and oxygen atoms in total. The minimum Gasteiger partial charge on any atom is -0.338 e. The van der Waals surface area contributed by atoms with Crippen LogP contribution in [0.4, 0.5) is 21.6 Å². The number of carbonyl (C=O) groups excluding carboxylic acids is 1. The van der Waals surface area contributed by atoms with Crippen molar-refractivity contribution in [1.29, 1.82) is 0 Å². The van der Waals surface area contributed by atoms with E-state index in [0.717, 1.165) is 16.6 Å². The summed E-state index contributed by atoms with van der Waals surface area (Å²) >= 11 is 0. The molecule has 2 aromatic carbocycles. The molecule has 0 radical (unpaired) electrons. The van der Waals surface area contributed by atoms with E-state index in [1.807, 2.05) is 30.3 Å². The Kier molecular flexibility index (Phi) is 4.45. The number of pyridine rings is 2. The normalized spacial score (nSPS) is 10.6. The first-order valence-corrected chi connectivity index (χ1v) is 8.33. The third-order valence-electron chi connectivity index (χ3n) is 4.04. The quantitative estimate of drug-likeness (QED) is 0.552. The van der Waals surface area contributed by atoms with Gasteiger partial charge in [-0.05, 0) is 36.4 Å². The van der Waals surface area contributed by atoms with Gasteiger partial charge in [0.2, 0.25) is 0 Å². The molecule has 0 fully saturated rings. The second-order valence-corrected chi connectivity index (χ2v) is 5.87. The van der Waals surface area contributed by atoms with Gasteiger partial charge in [-0.3, -0.25) is 9.78 Å².